The first-order valence-corrected chi connectivity index (χ1v) is 11.4. The van der Waals surface area contributed by atoms with Crippen LogP contribution in [0.25, 0.3) is 5.76 Å². The van der Waals surface area contributed by atoms with E-state index in [9.17, 15) is 19.8 Å². The number of Topliss-reactive ketones (excluding diaryl/α,β-unsaturated/α-hetero) is 1. The number of anilines is 1. The first-order valence-electron chi connectivity index (χ1n) is 11.0. The Hall–Kier alpha value is -3.97. The largest absolute Gasteiger partial charge is 0.507 e. The van der Waals surface area contributed by atoms with E-state index >= 15 is 0 Å². The Bertz CT molecular complexity index is 1280. The Morgan fingerprint density at radius 2 is 1.71 bits per heavy atom. The molecule has 0 radical (unpaired) electrons. The average molecular weight is 494 g/mol. The number of hydrogen-bond acceptors (Lipinski definition) is 6. The lowest BCUT2D eigenvalue weighted by Gasteiger charge is -2.26. The van der Waals surface area contributed by atoms with Gasteiger partial charge in [0, 0.05) is 16.3 Å². The van der Waals surface area contributed by atoms with Crippen LogP contribution < -0.4 is 14.4 Å². The second kappa shape index (κ2) is 10.1. The highest BCUT2D eigenvalue weighted by Crippen LogP contribution is 2.44. The Morgan fingerprint density at radius 3 is 2.31 bits per heavy atom. The summed E-state index contributed by atoms with van der Waals surface area (Å²) in [5.41, 5.74) is 1.09. The fraction of sp³-hybridized carbons (Fsp3) is 0.185. The van der Waals surface area contributed by atoms with Gasteiger partial charge in [0.25, 0.3) is 11.7 Å². The number of benzene rings is 3. The van der Waals surface area contributed by atoms with Gasteiger partial charge in [0.05, 0.1) is 25.3 Å². The number of amides is 1. The van der Waals surface area contributed by atoms with E-state index in [1.807, 2.05) is 6.92 Å². The highest BCUT2D eigenvalue weighted by Gasteiger charge is 2.47. The number of aromatic hydroxyl groups is 1. The van der Waals surface area contributed by atoms with Crippen molar-refractivity contribution in [3.63, 3.8) is 0 Å². The number of rotatable bonds is 7. The Kier molecular flexibility index (Phi) is 6.98. The van der Waals surface area contributed by atoms with Gasteiger partial charge in [-0.1, -0.05) is 24.6 Å². The summed E-state index contributed by atoms with van der Waals surface area (Å²) in [6.45, 7) is 2.55. The van der Waals surface area contributed by atoms with Crippen LogP contribution in [0.4, 0.5) is 5.69 Å². The molecule has 0 spiro atoms. The van der Waals surface area contributed by atoms with Gasteiger partial charge < -0.3 is 19.7 Å². The smallest absolute Gasteiger partial charge is 0.300 e. The van der Waals surface area contributed by atoms with E-state index in [2.05, 4.69) is 0 Å². The predicted molar refractivity (Wildman–Crippen MR) is 133 cm³/mol. The van der Waals surface area contributed by atoms with Crippen molar-refractivity contribution in [2.24, 2.45) is 0 Å². The van der Waals surface area contributed by atoms with E-state index in [0.29, 0.717) is 34.2 Å². The van der Waals surface area contributed by atoms with Crippen molar-refractivity contribution in [1.29, 1.82) is 0 Å². The number of hydrogen-bond donors (Lipinski definition) is 2. The van der Waals surface area contributed by atoms with Crippen LogP contribution in [0.2, 0.25) is 5.02 Å². The van der Waals surface area contributed by atoms with Crippen molar-refractivity contribution in [3.05, 3.63) is 88.5 Å². The molecular weight excluding hydrogens is 470 g/mol. The lowest BCUT2D eigenvalue weighted by Crippen LogP contribution is -2.29. The number of carbonyl (C=O) groups is 2. The van der Waals surface area contributed by atoms with Crippen LogP contribution in [-0.4, -0.2) is 35.6 Å². The summed E-state index contributed by atoms with van der Waals surface area (Å²) in [7, 11) is 1.42. The van der Waals surface area contributed by atoms with Gasteiger partial charge in [0.15, 0.2) is 11.5 Å². The summed E-state index contributed by atoms with van der Waals surface area (Å²) in [5.74, 6) is -1.28. The summed E-state index contributed by atoms with van der Waals surface area (Å²) in [4.78, 5) is 27.7. The third-order valence-electron chi connectivity index (χ3n) is 5.67. The molecule has 0 aromatic heterocycles. The molecule has 35 heavy (non-hydrogen) atoms. The summed E-state index contributed by atoms with van der Waals surface area (Å²) in [6, 6.07) is 16.6. The van der Waals surface area contributed by atoms with Crippen LogP contribution in [0.1, 0.15) is 30.5 Å². The van der Waals surface area contributed by atoms with Crippen LogP contribution in [0.15, 0.2) is 72.3 Å². The molecule has 1 atom stereocenters. The second-order valence-corrected chi connectivity index (χ2v) is 8.39. The molecule has 1 aliphatic rings. The summed E-state index contributed by atoms with van der Waals surface area (Å²) < 4.78 is 10.7. The zero-order valence-corrected chi connectivity index (χ0v) is 20.0. The Labute approximate surface area is 207 Å². The lowest BCUT2D eigenvalue weighted by molar-refractivity contribution is -0.132. The monoisotopic (exact) mass is 493 g/mol. The average Bonchev–Trinajstić information content (AvgIpc) is 3.13. The molecule has 2 N–H and O–H groups in total. The third kappa shape index (κ3) is 4.68. The molecule has 1 fully saturated rings. The van der Waals surface area contributed by atoms with Gasteiger partial charge in [-0.25, -0.2) is 0 Å². The van der Waals surface area contributed by atoms with Crippen molar-refractivity contribution >= 4 is 34.7 Å². The van der Waals surface area contributed by atoms with E-state index in [1.54, 1.807) is 54.6 Å². The van der Waals surface area contributed by atoms with Crippen LogP contribution in [0, 0.1) is 0 Å². The molecule has 7 nitrogen and oxygen atoms in total. The molecule has 1 unspecified atom stereocenters. The third-order valence-corrected chi connectivity index (χ3v) is 5.92. The van der Waals surface area contributed by atoms with Gasteiger partial charge in [-0.15, -0.1) is 0 Å². The molecule has 0 saturated carbocycles. The number of halogens is 1. The molecule has 3 aromatic carbocycles. The maximum absolute atomic E-state index is 13.2. The number of phenols is 1. The van der Waals surface area contributed by atoms with E-state index in [4.69, 9.17) is 21.1 Å². The molecule has 1 heterocycles. The predicted octanol–water partition coefficient (Wildman–Crippen LogP) is 5.47. The quantitative estimate of drug-likeness (QED) is 0.257. The molecule has 1 saturated heterocycles. The van der Waals surface area contributed by atoms with Crippen LogP contribution in [-0.2, 0) is 9.59 Å². The highest BCUT2D eigenvalue weighted by atomic mass is 35.5. The number of carbonyl (C=O) groups excluding carboxylic acids is 2. The summed E-state index contributed by atoms with van der Waals surface area (Å²) in [5, 5.41) is 22.1. The minimum atomic E-state index is -0.996. The number of nitrogens with zero attached hydrogens (tertiary/aromatic N) is 1. The standard InChI is InChI=1S/C27H24ClNO6/c1-3-14-35-20-11-4-16(5-12-20)25(31)23-24(17-6-13-22(34-2)21(30)15-17)29(27(33)26(23)32)19-9-7-18(28)8-10-19/h4-13,15,24,30-31H,3,14H2,1-2H3/b25-23-. The van der Waals surface area contributed by atoms with Crippen LogP contribution >= 0.6 is 11.6 Å². The van der Waals surface area contributed by atoms with E-state index in [-0.39, 0.29) is 22.8 Å². The molecular formula is C27H24ClNO6. The molecule has 1 amide bonds. The fourth-order valence-electron chi connectivity index (χ4n) is 3.98. The topological polar surface area (TPSA) is 96.3 Å². The minimum absolute atomic E-state index is 0.100. The first kappa shape index (κ1) is 24.2. The lowest BCUT2D eigenvalue weighted by atomic mass is 9.94. The maximum atomic E-state index is 13.2. The maximum Gasteiger partial charge on any atom is 0.300 e. The van der Waals surface area contributed by atoms with E-state index < -0.39 is 17.7 Å². The normalized spacial score (nSPS) is 17.0. The zero-order chi connectivity index (χ0) is 25.1. The van der Waals surface area contributed by atoms with Gasteiger partial charge in [-0.2, -0.15) is 0 Å². The molecule has 3 aromatic rings. The van der Waals surface area contributed by atoms with Crippen molar-refractivity contribution < 1.29 is 29.3 Å². The molecule has 8 heteroatoms. The number of methoxy groups -OCH3 is 1. The van der Waals surface area contributed by atoms with Gasteiger partial charge >= 0.3 is 0 Å². The van der Waals surface area contributed by atoms with Gasteiger partial charge in [0.1, 0.15) is 11.5 Å². The van der Waals surface area contributed by atoms with Gasteiger partial charge in [-0.3, -0.25) is 14.5 Å². The molecule has 1 aliphatic heterocycles. The number of aliphatic hydroxyl groups is 1. The highest BCUT2D eigenvalue weighted by molar-refractivity contribution is 6.51. The van der Waals surface area contributed by atoms with Crippen molar-refractivity contribution in [2.45, 2.75) is 19.4 Å². The van der Waals surface area contributed by atoms with Crippen molar-refractivity contribution in [3.8, 4) is 17.2 Å². The number of phenolic OH excluding ortho intramolecular Hbond substituents is 1. The van der Waals surface area contributed by atoms with E-state index in [1.165, 1.54) is 24.1 Å². The minimum Gasteiger partial charge on any atom is -0.507 e. The second-order valence-electron chi connectivity index (χ2n) is 7.95. The Balaban J connectivity index is 1.86. The fourth-order valence-corrected chi connectivity index (χ4v) is 4.10. The van der Waals surface area contributed by atoms with Gasteiger partial charge in [-0.05, 0) is 72.6 Å². The van der Waals surface area contributed by atoms with Crippen LogP contribution in [0.3, 0.4) is 0 Å². The molecule has 4 rings (SSSR count). The number of ketones is 1. The van der Waals surface area contributed by atoms with Gasteiger partial charge in [0.2, 0.25) is 0 Å². The zero-order valence-electron chi connectivity index (χ0n) is 19.2. The Morgan fingerprint density at radius 1 is 1.03 bits per heavy atom. The van der Waals surface area contributed by atoms with Crippen LogP contribution in [0.5, 0.6) is 17.2 Å². The summed E-state index contributed by atoms with van der Waals surface area (Å²) in [6.07, 6.45) is 0.852. The molecule has 180 valence electrons. The van der Waals surface area contributed by atoms with Crippen molar-refractivity contribution in [1.82, 2.24) is 0 Å². The first-order chi connectivity index (χ1) is 16.8. The number of ether oxygens (including phenoxy) is 2. The van der Waals surface area contributed by atoms with Crippen molar-refractivity contribution in [2.75, 3.05) is 18.6 Å². The van der Waals surface area contributed by atoms with E-state index in [0.717, 1.165) is 6.42 Å². The molecule has 0 bridgehead atoms. The number of aliphatic hydroxyl groups excluding tert-OH is 1. The summed E-state index contributed by atoms with van der Waals surface area (Å²) >= 11 is 6.02. The SMILES string of the molecule is CCCOc1ccc(/C(O)=C2/C(=O)C(=O)N(c3ccc(Cl)cc3)C2c2ccc(OC)c(O)c2)cc1. The molecule has 0 aliphatic carbocycles.